The van der Waals surface area contributed by atoms with Crippen molar-refractivity contribution in [1.82, 2.24) is 4.90 Å². The van der Waals surface area contributed by atoms with Crippen molar-refractivity contribution in [2.75, 3.05) is 13.2 Å². The molecule has 3 saturated heterocycles. The van der Waals surface area contributed by atoms with Crippen LogP contribution in [-0.4, -0.2) is 41.4 Å². The maximum Gasteiger partial charge on any atom is 0.410 e. The summed E-state index contributed by atoms with van der Waals surface area (Å²) in [6, 6.07) is 17.4. The first-order chi connectivity index (χ1) is 14.6. The van der Waals surface area contributed by atoms with E-state index < -0.39 is 11.9 Å². The summed E-state index contributed by atoms with van der Waals surface area (Å²) in [5.74, 6) is 0. The van der Waals surface area contributed by atoms with Crippen LogP contribution in [0.5, 0.6) is 0 Å². The van der Waals surface area contributed by atoms with Crippen LogP contribution in [0, 0.1) is 0 Å². The van der Waals surface area contributed by atoms with Gasteiger partial charge in [-0.3, -0.25) is 0 Å². The van der Waals surface area contributed by atoms with Gasteiger partial charge in [-0.1, -0.05) is 54.6 Å². The van der Waals surface area contributed by atoms with Gasteiger partial charge in [0.25, 0.3) is 0 Å². The molecule has 2 unspecified atom stereocenters. The Bertz CT molecular complexity index is 881. The number of hydrogen-bond acceptors (Lipinski definition) is 5. The van der Waals surface area contributed by atoms with Crippen LogP contribution >= 0.6 is 0 Å². The molecule has 5 rings (SSSR count). The molecule has 0 radical (unpaired) electrons. The lowest BCUT2D eigenvalue weighted by atomic mass is 9.78. The Labute approximate surface area is 176 Å². The molecule has 1 amide bonds. The molecule has 6 nitrogen and oxygen atoms in total. The van der Waals surface area contributed by atoms with E-state index in [1.54, 1.807) is 0 Å². The fourth-order valence-electron chi connectivity index (χ4n) is 5.20. The summed E-state index contributed by atoms with van der Waals surface area (Å²) < 4.78 is 17.0. The number of piperidine rings is 1. The Morgan fingerprint density at radius 2 is 1.63 bits per heavy atom. The number of ether oxygens (including phenoxy) is 3. The number of nitrogens with zero attached hydrogens (tertiary/aromatic N) is 1. The number of amides is 1. The lowest BCUT2D eigenvalue weighted by Gasteiger charge is -2.44. The van der Waals surface area contributed by atoms with Gasteiger partial charge in [-0.15, -0.1) is 0 Å². The molecule has 6 heteroatoms. The second-order valence-electron chi connectivity index (χ2n) is 8.43. The third-order valence-electron chi connectivity index (χ3n) is 6.52. The summed E-state index contributed by atoms with van der Waals surface area (Å²) in [5, 5.41) is 11.7. The minimum absolute atomic E-state index is 0.0319. The molecular formula is C24H27NO5. The highest BCUT2D eigenvalue weighted by atomic mass is 16.7. The van der Waals surface area contributed by atoms with Crippen LogP contribution in [0.25, 0.3) is 0 Å². The van der Waals surface area contributed by atoms with Crippen molar-refractivity contribution >= 4 is 6.09 Å². The second kappa shape index (κ2) is 8.02. The van der Waals surface area contributed by atoms with Gasteiger partial charge in [-0.25, -0.2) is 4.79 Å². The fraction of sp³-hybridized carbons (Fsp3) is 0.458. The lowest BCUT2D eigenvalue weighted by Crippen LogP contribution is -2.52. The molecule has 2 bridgehead atoms. The number of rotatable bonds is 4. The predicted molar refractivity (Wildman–Crippen MR) is 109 cm³/mol. The molecule has 2 atom stereocenters. The quantitative estimate of drug-likeness (QED) is 0.830. The number of hydrogen-bond donors (Lipinski definition) is 1. The van der Waals surface area contributed by atoms with Gasteiger partial charge in [0.15, 0.2) is 6.29 Å². The minimum atomic E-state index is -1.01. The van der Waals surface area contributed by atoms with E-state index in [4.69, 9.17) is 14.2 Å². The van der Waals surface area contributed by atoms with Crippen molar-refractivity contribution in [3.63, 3.8) is 0 Å². The van der Waals surface area contributed by atoms with Gasteiger partial charge in [0.2, 0.25) is 0 Å². The standard InChI is InChI=1S/C24H27NO5/c26-23(30-16-17-6-2-1-3-7-17)25-18-10-11-19(25)15-24(27,14-18)21-9-5-4-8-20(21)22-28-12-13-29-22/h1-9,18-19,22,27H,10-16H2. The highest BCUT2D eigenvalue weighted by molar-refractivity contribution is 5.69. The van der Waals surface area contributed by atoms with Gasteiger partial charge in [-0.2, -0.15) is 0 Å². The summed E-state index contributed by atoms with van der Waals surface area (Å²) in [5.41, 5.74) is 1.70. The molecule has 2 aromatic rings. The van der Waals surface area contributed by atoms with Crippen molar-refractivity contribution in [2.45, 2.75) is 56.3 Å². The van der Waals surface area contributed by atoms with Gasteiger partial charge in [-0.05, 0) is 24.0 Å². The van der Waals surface area contributed by atoms with Gasteiger partial charge >= 0.3 is 6.09 Å². The fourth-order valence-corrected chi connectivity index (χ4v) is 5.20. The average molecular weight is 409 g/mol. The SMILES string of the molecule is O=C(OCc1ccccc1)N1C2CCC1CC(O)(c1ccccc1C1OCCO1)C2. The Morgan fingerprint density at radius 1 is 1.00 bits per heavy atom. The zero-order chi connectivity index (χ0) is 20.6. The van der Waals surface area contributed by atoms with Crippen molar-refractivity contribution in [3.05, 3.63) is 71.3 Å². The van der Waals surface area contributed by atoms with E-state index in [2.05, 4.69) is 0 Å². The molecule has 3 fully saturated rings. The van der Waals surface area contributed by atoms with Crippen molar-refractivity contribution in [1.29, 1.82) is 0 Å². The van der Waals surface area contributed by atoms with Gasteiger partial charge in [0.05, 0.1) is 18.8 Å². The van der Waals surface area contributed by atoms with Crippen molar-refractivity contribution in [2.24, 2.45) is 0 Å². The Morgan fingerprint density at radius 3 is 2.33 bits per heavy atom. The molecule has 0 aromatic heterocycles. The van der Waals surface area contributed by atoms with Gasteiger partial charge in [0.1, 0.15) is 6.61 Å². The van der Waals surface area contributed by atoms with E-state index in [1.165, 1.54) is 0 Å². The molecule has 30 heavy (non-hydrogen) atoms. The van der Waals surface area contributed by atoms with Crippen LogP contribution in [0.3, 0.4) is 0 Å². The smallest absolute Gasteiger partial charge is 0.410 e. The third-order valence-corrected chi connectivity index (χ3v) is 6.52. The van der Waals surface area contributed by atoms with E-state index in [0.29, 0.717) is 26.1 Å². The molecule has 0 saturated carbocycles. The van der Waals surface area contributed by atoms with Crippen LogP contribution in [0.15, 0.2) is 54.6 Å². The normalized spacial score (nSPS) is 28.6. The zero-order valence-corrected chi connectivity index (χ0v) is 16.9. The number of carbonyl (C=O) groups excluding carboxylic acids is 1. The number of aliphatic hydroxyl groups is 1. The van der Waals surface area contributed by atoms with Gasteiger partial charge in [0, 0.05) is 30.5 Å². The molecule has 0 spiro atoms. The lowest BCUT2D eigenvalue weighted by molar-refractivity contribution is -0.0681. The zero-order valence-electron chi connectivity index (χ0n) is 16.9. The molecule has 3 heterocycles. The highest BCUT2D eigenvalue weighted by Gasteiger charge is 2.51. The van der Waals surface area contributed by atoms with E-state index in [1.807, 2.05) is 59.5 Å². The second-order valence-corrected chi connectivity index (χ2v) is 8.43. The summed E-state index contributed by atoms with van der Waals surface area (Å²) in [6.45, 7) is 1.38. The maximum atomic E-state index is 12.8. The number of fused-ring (bicyclic) bond motifs is 2. The first-order valence-electron chi connectivity index (χ1n) is 10.7. The Kier molecular flexibility index (Phi) is 5.23. The Hall–Kier alpha value is -2.41. The summed E-state index contributed by atoms with van der Waals surface area (Å²) in [4.78, 5) is 14.7. The first kappa shape index (κ1) is 19.5. The number of carbonyl (C=O) groups is 1. The monoisotopic (exact) mass is 409 g/mol. The van der Waals surface area contributed by atoms with Crippen LogP contribution in [0.4, 0.5) is 4.79 Å². The predicted octanol–water partition coefficient (Wildman–Crippen LogP) is 3.88. The summed E-state index contributed by atoms with van der Waals surface area (Å²) in [6.07, 6.45) is 2.03. The van der Waals surface area contributed by atoms with Crippen LogP contribution < -0.4 is 0 Å². The summed E-state index contributed by atoms with van der Waals surface area (Å²) in [7, 11) is 0. The van der Waals surface area contributed by atoms with E-state index in [9.17, 15) is 9.90 Å². The number of benzene rings is 2. The van der Waals surface area contributed by atoms with Crippen LogP contribution in [0.1, 0.15) is 48.7 Å². The van der Waals surface area contributed by atoms with E-state index in [0.717, 1.165) is 29.5 Å². The van der Waals surface area contributed by atoms with Crippen LogP contribution in [0.2, 0.25) is 0 Å². The van der Waals surface area contributed by atoms with Gasteiger partial charge < -0.3 is 24.2 Å². The summed E-state index contributed by atoms with van der Waals surface area (Å²) >= 11 is 0. The molecule has 158 valence electrons. The Balaban J connectivity index is 1.32. The highest BCUT2D eigenvalue weighted by Crippen LogP contribution is 2.48. The topological polar surface area (TPSA) is 68.2 Å². The van der Waals surface area contributed by atoms with Crippen LogP contribution in [-0.2, 0) is 26.4 Å². The minimum Gasteiger partial charge on any atom is -0.445 e. The molecule has 3 aliphatic rings. The molecule has 2 aromatic carbocycles. The van der Waals surface area contributed by atoms with E-state index >= 15 is 0 Å². The van der Waals surface area contributed by atoms with Crippen molar-refractivity contribution in [3.8, 4) is 0 Å². The maximum absolute atomic E-state index is 12.8. The van der Waals surface area contributed by atoms with E-state index in [-0.39, 0.29) is 24.8 Å². The largest absolute Gasteiger partial charge is 0.445 e. The molecular weight excluding hydrogens is 382 g/mol. The molecule has 1 N–H and O–H groups in total. The molecule has 0 aliphatic carbocycles. The van der Waals surface area contributed by atoms with Crippen molar-refractivity contribution < 1.29 is 24.1 Å². The average Bonchev–Trinajstić information content (AvgIpc) is 3.40. The third kappa shape index (κ3) is 3.60. The molecule has 3 aliphatic heterocycles. The first-order valence-corrected chi connectivity index (χ1v) is 10.7.